The maximum absolute atomic E-state index is 11.8. The first-order valence-electron chi connectivity index (χ1n) is 11.1. The van der Waals surface area contributed by atoms with Crippen molar-refractivity contribution in [3.8, 4) is 16.9 Å². The monoisotopic (exact) mass is 494 g/mol. The van der Waals surface area contributed by atoms with E-state index in [2.05, 4.69) is 21.8 Å². The molecule has 7 nitrogen and oxygen atoms in total. The van der Waals surface area contributed by atoms with Gasteiger partial charge in [0.2, 0.25) is 5.09 Å². The fourth-order valence-electron chi connectivity index (χ4n) is 2.84. The van der Waals surface area contributed by atoms with Gasteiger partial charge in [-0.3, -0.25) is 9.78 Å². The van der Waals surface area contributed by atoms with Crippen molar-refractivity contribution < 1.29 is 22.4 Å². The van der Waals surface area contributed by atoms with Gasteiger partial charge in [0.15, 0.2) is 0 Å². The average molecular weight is 495 g/mol. The first kappa shape index (κ1) is 27.5. The van der Waals surface area contributed by atoms with Gasteiger partial charge < -0.3 is 9.15 Å². The largest absolute Gasteiger partial charge is 0.489 e. The van der Waals surface area contributed by atoms with Crippen LogP contribution in [0.1, 0.15) is 35.5 Å². The third kappa shape index (κ3) is 8.20. The van der Waals surface area contributed by atoms with E-state index in [-0.39, 0.29) is 11.7 Å². The molecular weight excluding hydrogens is 464 g/mol. The van der Waals surface area contributed by atoms with E-state index < -0.39 is 10.0 Å². The topological polar surface area (TPSA) is 98.5 Å². The Hall–Kier alpha value is -3.75. The van der Waals surface area contributed by atoms with Crippen molar-refractivity contribution in [1.82, 2.24) is 9.71 Å². The van der Waals surface area contributed by atoms with Gasteiger partial charge in [-0.1, -0.05) is 56.3 Å². The maximum Gasteiger partial charge on any atom is 0.273 e. The Bertz CT molecular complexity index is 1270. The van der Waals surface area contributed by atoms with Crippen LogP contribution in [0.4, 0.5) is 0 Å². The molecule has 0 aliphatic carbocycles. The molecule has 0 unspecified atom stereocenters. The number of carbonyl (C=O) groups excluding carboxylic acids is 1. The Kier molecular flexibility index (Phi) is 10.9. The predicted molar refractivity (Wildman–Crippen MR) is 137 cm³/mol. The summed E-state index contributed by atoms with van der Waals surface area (Å²) >= 11 is 0. The molecule has 184 valence electrons. The van der Waals surface area contributed by atoms with E-state index in [4.69, 9.17) is 9.15 Å². The number of pyridine rings is 1. The molecule has 4 aromatic rings. The molecule has 0 amide bonds. The normalized spacial score (nSPS) is 10.3. The first-order valence-corrected chi connectivity index (χ1v) is 12.6. The lowest BCUT2D eigenvalue weighted by molar-refractivity contribution is 0.112. The van der Waals surface area contributed by atoms with Gasteiger partial charge in [0.05, 0.1) is 0 Å². The number of rotatable bonds is 7. The van der Waals surface area contributed by atoms with Gasteiger partial charge in [-0.2, -0.15) is 0 Å². The smallest absolute Gasteiger partial charge is 0.273 e. The number of sulfonamides is 1. The van der Waals surface area contributed by atoms with Gasteiger partial charge in [-0.05, 0) is 49.4 Å². The Morgan fingerprint density at radius 1 is 0.943 bits per heavy atom. The number of aromatic nitrogens is 1. The zero-order valence-corrected chi connectivity index (χ0v) is 21.1. The second-order valence-electron chi connectivity index (χ2n) is 6.93. The van der Waals surface area contributed by atoms with Crippen LogP contribution in [-0.2, 0) is 16.6 Å². The number of aryl methyl sites for hydroxylation is 1. The lowest BCUT2D eigenvalue weighted by atomic mass is 10.1. The molecule has 0 aliphatic rings. The summed E-state index contributed by atoms with van der Waals surface area (Å²) in [6, 6.07) is 22.6. The quantitative estimate of drug-likeness (QED) is 0.333. The SMILES string of the molecule is CC.CNS(=O)(=O)c1cc(COc2ccc(-c3ccccc3)cc2)c(C)o1.O=Cc1ccncc1. The van der Waals surface area contributed by atoms with Crippen LogP contribution in [0, 0.1) is 6.92 Å². The van der Waals surface area contributed by atoms with Crippen molar-refractivity contribution in [2.45, 2.75) is 32.5 Å². The minimum atomic E-state index is -3.59. The van der Waals surface area contributed by atoms with Crippen LogP contribution in [0.2, 0.25) is 0 Å². The molecule has 0 aliphatic heterocycles. The molecule has 0 bridgehead atoms. The zero-order chi connectivity index (χ0) is 25.7. The fraction of sp³-hybridized carbons (Fsp3) is 0.185. The predicted octanol–water partition coefficient (Wildman–Crippen LogP) is 5.66. The summed E-state index contributed by atoms with van der Waals surface area (Å²) in [5, 5.41) is -0.106. The van der Waals surface area contributed by atoms with Crippen LogP contribution in [0.15, 0.2) is 94.7 Å². The Labute approximate surface area is 206 Å². The Morgan fingerprint density at radius 2 is 1.54 bits per heavy atom. The molecule has 4 rings (SSSR count). The molecule has 0 spiro atoms. The molecule has 1 N–H and O–H groups in total. The fourth-order valence-corrected chi connectivity index (χ4v) is 3.58. The Morgan fingerprint density at radius 3 is 2.09 bits per heavy atom. The summed E-state index contributed by atoms with van der Waals surface area (Å²) in [7, 11) is -2.25. The van der Waals surface area contributed by atoms with Crippen molar-refractivity contribution in [2.75, 3.05) is 7.05 Å². The lowest BCUT2D eigenvalue weighted by Gasteiger charge is -2.07. The number of aldehydes is 1. The summed E-state index contributed by atoms with van der Waals surface area (Å²) in [5.74, 6) is 1.23. The van der Waals surface area contributed by atoms with Crippen LogP contribution in [-0.4, -0.2) is 26.7 Å². The number of nitrogens with one attached hydrogen (secondary N) is 1. The number of carbonyl (C=O) groups is 1. The molecule has 0 radical (unpaired) electrons. The van der Waals surface area contributed by atoms with Crippen LogP contribution < -0.4 is 9.46 Å². The number of nitrogens with zero attached hydrogens (tertiary/aromatic N) is 1. The van der Waals surface area contributed by atoms with Gasteiger partial charge in [0.25, 0.3) is 10.0 Å². The number of hydrogen-bond donors (Lipinski definition) is 1. The van der Waals surface area contributed by atoms with Crippen molar-refractivity contribution in [3.63, 3.8) is 0 Å². The maximum atomic E-state index is 11.8. The second-order valence-corrected chi connectivity index (χ2v) is 8.75. The highest BCUT2D eigenvalue weighted by Gasteiger charge is 2.19. The highest BCUT2D eigenvalue weighted by molar-refractivity contribution is 7.89. The molecule has 2 aromatic carbocycles. The molecule has 8 heteroatoms. The van der Waals surface area contributed by atoms with E-state index in [0.717, 1.165) is 17.4 Å². The van der Waals surface area contributed by atoms with Gasteiger partial charge >= 0.3 is 0 Å². The molecule has 0 fully saturated rings. The highest BCUT2D eigenvalue weighted by atomic mass is 32.2. The van der Waals surface area contributed by atoms with Crippen molar-refractivity contribution in [2.24, 2.45) is 0 Å². The van der Waals surface area contributed by atoms with E-state index >= 15 is 0 Å². The Balaban J connectivity index is 0.000000363. The molecule has 0 saturated carbocycles. The van der Waals surface area contributed by atoms with E-state index in [1.54, 1.807) is 31.5 Å². The summed E-state index contributed by atoms with van der Waals surface area (Å²) in [4.78, 5) is 13.7. The molecule has 0 saturated heterocycles. The number of hydrogen-bond acceptors (Lipinski definition) is 6. The summed E-state index contributed by atoms with van der Waals surface area (Å²) in [6.45, 7) is 5.95. The molecule has 35 heavy (non-hydrogen) atoms. The van der Waals surface area contributed by atoms with Gasteiger partial charge in [0.1, 0.15) is 24.4 Å². The first-order chi connectivity index (χ1) is 16.9. The lowest BCUT2D eigenvalue weighted by Crippen LogP contribution is -2.17. The van der Waals surface area contributed by atoms with Crippen LogP contribution >= 0.6 is 0 Å². The van der Waals surface area contributed by atoms with Crippen molar-refractivity contribution >= 4 is 16.3 Å². The minimum Gasteiger partial charge on any atom is -0.489 e. The second kappa shape index (κ2) is 13.8. The van der Waals surface area contributed by atoms with E-state index in [9.17, 15) is 13.2 Å². The molecule has 2 aromatic heterocycles. The minimum absolute atomic E-state index is 0.106. The average Bonchev–Trinajstić information content (AvgIpc) is 3.31. The third-order valence-corrected chi connectivity index (χ3v) is 6.00. The number of benzene rings is 2. The zero-order valence-electron chi connectivity index (χ0n) is 20.3. The summed E-state index contributed by atoms with van der Waals surface area (Å²) in [6.07, 6.45) is 3.97. The van der Waals surface area contributed by atoms with Crippen molar-refractivity contribution in [3.05, 3.63) is 102 Å². The molecule has 2 heterocycles. The van der Waals surface area contributed by atoms with Gasteiger partial charge in [-0.15, -0.1) is 0 Å². The van der Waals surface area contributed by atoms with E-state index in [1.165, 1.54) is 13.1 Å². The van der Waals surface area contributed by atoms with Crippen molar-refractivity contribution in [1.29, 1.82) is 0 Å². The molecular formula is C27H30N2O5S. The number of ether oxygens (including phenoxy) is 1. The summed E-state index contributed by atoms with van der Waals surface area (Å²) < 4.78 is 36.8. The summed E-state index contributed by atoms with van der Waals surface area (Å²) in [5.41, 5.74) is 3.61. The van der Waals surface area contributed by atoms with Crippen LogP contribution in [0.25, 0.3) is 11.1 Å². The van der Waals surface area contributed by atoms with E-state index in [0.29, 0.717) is 22.6 Å². The standard InChI is InChI=1S/C19H19NO4S.C6H5NO.C2H6/c1-14-17(12-19(24-14)25(21,22)20-2)13-23-18-10-8-16(9-11-18)15-6-4-3-5-7-15;8-5-6-1-3-7-4-2-6;1-2/h3-12,20H,13H2,1-2H3;1-5H;1-2H3. The van der Waals surface area contributed by atoms with Crippen LogP contribution in [0.5, 0.6) is 5.75 Å². The highest BCUT2D eigenvalue weighted by Crippen LogP contribution is 2.24. The van der Waals surface area contributed by atoms with Gasteiger partial charge in [-0.25, -0.2) is 13.1 Å². The third-order valence-electron chi connectivity index (χ3n) is 4.73. The number of furan rings is 1. The van der Waals surface area contributed by atoms with E-state index in [1.807, 2.05) is 56.3 Å². The van der Waals surface area contributed by atoms with Gasteiger partial charge in [0, 0.05) is 29.6 Å². The van der Waals surface area contributed by atoms with Crippen LogP contribution in [0.3, 0.4) is 0 Å². The molecule has 0 atom stereocenters.